The van der Waals surface area contributed by atoms with Crippen molar-refractivity contribution in [2.75, 3.05) is 19.6 Å². The number of esters is 1. The maximum atomic E-state index is 12.3. The van der Waals surface area contributed by atoms with E-state index in [-0.39, 0.29) is 24.3 Å². The summed E-state index contributed by atoms with van der Waals surface area (Å²) in [6.07, 6.45) is 1.53. The molecule has 1 aliphatic heterocycles. The van der Waals surface area contributed by atoms with Gasteiger partial charge in [0.1, 0.15) is 12.1 Å². The lowest BCUT2D eigenvalue weighted by atomic mass is 9.91. The molecule has 1 atom stereocenters. The quantitative estimate of drug-likeness (QED) is 0.801. The summed E-state index contributed by atoms with van der Waals surface area (Å²) in [4.78, 5) is 38.0. The molecule has 2 amide bonds. The van der Waals surface area contributed by atoms with Crippen LogP contribution in [0.5, 0.6) is 0 Å². The average molecular weight is 326 g/mol. The number of carbonyl (C=O) groups excluding carboxylic acids is 3. The van der Waals surface area contributed by atoms with Gasteiger partial charge in [0.25, 0.3) is 0 Å². The van der Waals surface area contributed by atoms with Gasteiger partial charge in [-0.1, -0.05) is 20.8 Å². The zero-order valence-corrected chi connectivity index (χ0v) is 15.2. The van der Waals surface area contributed by atoms with E-state index in [1.165, 1.54) is 0 Å². The number of amides is 2. The second-order valence-corrected chi connectivity index (χ2v) is 8.14. The number of rotatable bonds is 3. The van der Waals surface area contributed by atoms with Crippen molar-refractivity contribution >= 4 is 17.8 Å². The molecule has 0 radical (unpaired) electrons. The molecule has 6 heteroatoms. The fourth-order valence-corrected chi connectivity index (χ4v) is 2.53. The molecule has 0 spiro atoms. The van der Waals surface area contributed by atoms with Gasteiger partial charge in [-0.2, -0.15) is 0 Å². The van der Waals surface area contributed by atoms with Gasteiger partial charge in [-0.15, -0.1) is 0 Å². The third-order valence-corrected chi connectivity index (χ3v) is 3.55. The zero-order valence-electron chi connectivity index (χ0n) is 15.2. The van der Waals surface area contributed by atoms with E-state index in [9.17, 15) is 14.4 Å². The summed E-state index contributed by atoms with van der Waals surface area (Å²) in [7, 11) is 0. The van der Waals surface area contributed by atoms with Crippen LogP contribution in [0.4, 0.5) is 0 Å². The van der Waals surface area contributed by atoms with Crippen molar-refractivity contribution in [2.45, 2.75) is 60.0 Å². The predicted molar refractivity (Wildman–Crippen MR) is 87.6 cm³/mol. The van der Waals surface area contributed by atoms with Gasteiger partial charge in [0.05, 0.1) is 5.92 Å². The second-order valence-electron chi connectivity index (χ2n) is 8.14. The fraction of sp³-hybridized carbons (Fsp3) is 0.824. The molecule has 1 rings (SSSR count). The van der Waals surface area contributed by atoms with Crippen molar-refractivity contribution in [1.82, 2.24) is 10.2 Å². The molecule has 1 heterocycles. The van der Waals surface area contributed by atoms with Crippen LogP contribution in [-0.4, -0.2) is 47.9 Å². The Hall–Kier alpha value is -1.59. The Balaban J connectivity index is 2.51. The van der Waals surface area contributed by atoms with Gasteiger partial charge < -0.3 is 15.0 Å². The Labute approximate surface area is 138 Å². The van der Waals surface area contributed by atoms with Crippen molar-refractivity contribution in [2.24, 2.45) is 11.3 Å². The number of hydrogen-bond donors (Lipinski definition) is 1. The minimum Gasteiger partial charge on any atom is -0.459 e. The highest BCUT2D eigenvalue weighted by atomic mass is 16.6. The summed E-state index contributed by atoms with van der Waals surface area (Å²) >= 11 is 0. The third kappa shape index (κ3) is 6.59. The monoisotopic (exact) mass is 326 g/mol. The average Bonchev–Trinajstić information content (AvgIpc) is 2.41. The van der Waals surface area contributed by atoms with E-state index < -0.39 is 17.0 Å². The Kier molecular flexibility index (Phi) is 6.19. The Morgan fingerprint density at radius 2 is 1.74 bits per heavy atom. The van der Waals surface area contributed by atoms with Crippen LogP contribution in [0.15, 0.2) is 0 Å². The molecule has 6 nitrogen and oxygen atoms in total. The largest absolute Gasteiger partial charge is 0.459 e. The first kappa shape index (κ1) is 19.5. The molecule has 132 valence electrons. The minimum atomic E-state index is -0.567. The van der Waals surface area contributed by atoms with Crippen molar-refractivity contribution < 1.29 is 19.1 Å². The first-order chi connectivity index (χ1) is 10.4. The molecule has 0 aromatic heterocycles. The molecule has 1 aliphatic rings. The van der Waals surface area contributed by atoms with E-state index in [2.05, 4.69) is 5.32 Å². The summed E-state index contributed by atoms with van der Waals surface area (Å²) in [5.41, 5.74) is -1.02. The van der Waals surface area contributed by atoms with E-state index >= 15 is 0 Å². The van der Waals surface area contributed by atoms with Gasteiger partial charge in [0.2, 0.25) is 11.8 Å². The smallest absolute Gasteiger partial charge is 0.325 e. The van der Waals surface area contributed by atoms with Crippen LogP contribution in [0.25, 0.3) is 0 Å². The third-order valence-electron chi connectivity index (χ3n) is 3.55. The number of carbonyl (C=O) groups is 3. The zero-order chi connectivity index (χ0) is 17.8. The highest BCUT2D eigenvalue weighted by Gasteiger charge is 2.33. The van der Waals surface area contributed by atoms with Crippen LogP contribution in [0, 0.1) is 11.3 Å². The number of hydrogen-bond acceptors (Lipinski definition) is 4. The van der Waals surface area contributed by atoms with Crippen LogP contribution in [0.3, 0.4) is 0 Å². The van der Waals surface area contributed by atoms with E-state index in [0.717, 1.165) is 12.8 Å². The number of likely N-dealkylation sites (tertiary alicyclic amines) is 1. The van der Waals surface area contributed by atoms with Crippen LogP contribution in [0.1, 0.15) is 54.4 Å². The van der Waals surface area contributed by atoms with Crippen molar-refractivity contribution in [3.8, 4) is 0 Å². The SMILES string of the molecule is CC(C)(C)OC(=O)CNC(=O)C1CCCN(C(=O)C(C)(C)C)C1. The molecule has 1 saturated heterocycles. The van der Waals surface area contributed by atoms with E-state index in [1.807, 2.05) is 20.8 Å². The molecule has 1 N–H and O–H groups in total. The fourth-order valence-electron chi connectivity index (χ4n) is 2.53. The number of nitrogens with one attached hydrogen (secondary N) is 1. The molecule has 0 bridgehead atoms. The van der Waals surface area contributed by atoms with Gasteiger partial charge >= 0.3 is 5.97 Å². The van der Waals surface area contributed by atoms with Crippen molar-refractivity contribution in [3.63, 3.8) is 0 Å². The van der Waals surface area contributed by atoms with Crippen LogP contribution >= 0.6 is 0 Å². The molecule has 0 aromatic rings. The van der Waals surface area contributed by atoms with Gasteiger partial charge in [-0.05, 0) is 33.6 Å². The Morgan fingerprint density at radius 1 is 1.13 bits per heavy atom. The molecule has 1 unspecified atom stereocenters. The molecule has 23 heavy (non-hydrogen) atoms. The van der Waals surface area contributed by atoms with Crippen molar-refractivity contribution in [1.29, 1.82) is 0 Å². The molecule has 0 aromatic carbocycles. The minimum absolute atomic E-state index is 0.0575. The summed E-state index contributed by atoms with van der Waals surface area (Å²) in [5.74, 6) is -0.855. The van der Waals surface area contributed by atoms with E-state index in [0.29, 0.717) is 13.1 Å². The highest BCUT2D eigenvalue weighted by Crippen LogP contribution is 2.23. The molecular weight excluding hydrogens is 296 g/mol. The second kappa shape index (κ2) is 7.32. The number of piperidine rings is 1. The molecule has 0 aliphatic carbocycles. The lowest BCUT2D eigenvalue weighted by molar-refractivity contribution is -0.155. The van der Waals surface area contributed by atoms with Crippen LogP contribution in [-0.2, 0) is 19.1 Å². The summed E-state index contributed by atoms with van der Waals surface area (Å²) in [5, 5.41) is 2.62. The Bertz CT molecular complexity index is 460. The highest BCUT2D eigenvalue weighted by molar-refractivity contribution is 5.85. The molecular formula is C17H30N2O4. The van der Waals surface area contributed by atoms with Gasteiger partial charge in [0.15, 0.2) is 0 Å². The lowest BCUT2D eigenvalue weighted by Crippen LogP contribution is -2.49. The Morgan fingerprint density at radius 3 is 2.26 bits per heavy atom. The summed E-state index contributed by atoms with van der Waals surface area (Å²) in [6.45, 7) is 11.9. The van der Waals surface area contributed by atoms with Crippen molar-refractivity contribution in [3.05, 3.63) is 0 Å². The van der Waals surface area contributed by atoms with E-state index in [1.54, 1.807) is 25.7 Å². The number of nitrogens with zero attached hydrogens (tertiary/aromatic N) is 1. The maximum absolute atomic E-state index is 12.3. The predicted octanol–water partition coefficient (Wildman–Crippen LogP) is 1.73. The maximum Gasteiger partial charge on any atom is 0.325 e. The first-order valence-corrected chi connectivity index (χ1v) is 8.19. The van der Waals surface area contributed by atoms with Crippen LogP contribution in [0.2, 0.25) is 0 Å². The topological polar surface area (TPSA) is 75.7 Å². The molecule has 0 saturated carbocycles. The first-order valence-electron chi connectivity index (χ1n) is 8.19. The van der Waals surface area contributed by atoms with Gasteiger partial charge in [-0.25, -0.2) is 0 Å². The number of ether oxygens (including phenoxy) is 1. The summed E-state index contributed by atoms with van der Waals surface area (Å²) < 4.78 is 5.16. The van der Waals surface area contributed by atoms with Crippen LogP contribution < -0.4 is 5.32 Å². The van der Waals surface area contributed by atoms with Gasteiger partial charge in [0, 0.05) is 18.5 Å². The van der Waals surface area contributed by atoms with E-state index in [4.69, 9.17) is 4.74 Å². The van der Waals surface area contributed by atoms with Gasteiger partial charge in [-0.3, -0.25) is 14.4 Å². The summed E-state index contributed by atoms with van der Waals surface area (Å²) in [6, 6.07) is 0. The normalized spacial score (nSPS) is 19.2. The lowest BCUT2D eigenvalue weighted by Gasteiger charge is -2.35. The standard InChI is InChI=1S/C17H30N2O4/c1-16(2,3)15(22)19-9-7-8-12(11-19)14(21)18-10-13(20)23-17(4,5)6/h12H,7-11H2,1-6H3,(H,18,21). The molecule has 1 fully saturated rings.